The number of carbonyl (C=O) groups excluding carboxylic acids is 1. The molecule has 38 heavy (non-hydrogen) atoms. The van der Waals surface area contributed by atoms with Gasteiger partial charge in [0, 0.05) is 11.3 Å². The molecule has 0 aliphatic heterocycles. The van der Waals surface area contributed by atoms with Crippen molar-refractivity contribution in [1.82, 2.24) is 0 Å². The van der Waals surface area contributed by atoms with E-state index in [0.29, 0.717) is 22.3 Å². The van der Waals surface area contributed by atoms with Crippen molar-refractivity contribution < 1.29 is 31.5 Å². The maximum absolute atomic E-state index is 13.5. The number of hydrogen-bond donors (Lipinski definition) is 2. The smallest absolute Gasteiger partial charge is 0.501 e. The molecule has 1 amide bonds. The molecule has 3 aromatic carbocycles. The summed E-state index contributed by atoms with van der Waals surface area (Å²) in [6.07, 6.45) is 0.139. The lowest BCUT2D eigenvalue weighted by Crippen LogP contribution is -2.23. The van der Waals surface area contributed by atoms with E-state index < -0.39 is 31.6 Å². The van der Waals surface area contributed by atoms with Crippen molar-refractivity contribution in [3.8, 4) is 22.9 Å². The topological polar surface area (TPSA) is 107 Å². The van der Waals surface area contributed by atoms with Gasteiger partial charge in [-0.1, -0.05) is 39.8 Å². The van der Waals surface area contributed by atoms with Crippen LogP contribution in [-0.4, -0.2) is 24.9 Å². The summed E-state index contributed by atoms with van der Waals surface area (Å²) >= 11 is 0. The van der Waals surface area contributed by atoms with E-state index in [-0.39, 0.29) is 29.0 Å². The van der Waals surface area contributed by atoms with Crippen molar-refractivity contribution in [2.75, 3.05) is 5.32 Å². The molecular weight excluding hydrogens is 517 g/mol. The Bertz CT molecular complexity index is 1550. The molecule has 0 atom stereocenters. The Labute approximate surface area is 219 Å². The summed E-state index contributed by atoms with van der Waals surface area (Å²) in [5.41, 5.74) is -2.95. The fraction of sp³-hybridized carbons (Fsp3) is 0.286. The van der Waals surface area contributed by atoms with E-state index in [0.717, 1.165) is 23.8 Å². The number of nitriles is 1. The molecule has 200 valence electrons. The number of anilines is 1. The number of rotatable bonds is 5. The zero-order valence-corrected chi connectivity index (χ0v) is 22.3. The van der Waals surface area contributed by atoms with Crippen LogP contribution in [0.1, 0.15) is 60.3 Å². The van der Waals surface area contributed by atoms with Gasteiger partial charge in [0.05, 0.1) is 22.1 Å². The van der Waals surface area contributed by atoms with Crippen LogP contribution >= 0.6 is 0 Å². The number of aryl methyl sites for hydroxylation is 1. The number of hydrogen-bond acceptors (Lipinski definition) is 5. The Hall–Kier alpha value is -3.84. The molecule has 0 aliphatic carbocycles. The molecule has 0 saturated carbocycles. The minimum Gasteiger partial charge on any atom is -0.507 e. The lowest BCUT2D eigenvalue weighted by Gasteiger charge is -2.25. The summed E-state index contributed by atoms with van der Waals surface area (Å²) in [7, 11) is -5.56. The number of amides is 1. The van der Waals surface area contributed by atoms with Crippen LogP contribution in [0.15, 0.2) is 53.4 Å². The molecule has 0 spiro atoms. The number of halogens is 3. The van der Waals surface area contributed by atoms with E-state index in [4.69, 9.17) is 5.26 Å². The normalized spacial score (nSPS) is 12.2. The Kier molecular flexibility index (Phi) is 7.66. The highest BCUT2D eigenvalue weighted by atomic mass is 32.2. The van der Waals surface area contributed by atoms with Gasteiger partial charge in [-0.2, -0.15) is 18.4 Å². The lowest BCUT2D eigenvalue weighted by atomic mass is 9.81. The summed E-state index contributed by atoms with van der Waals surface area (Å²) in [6.45, 7) is 8.89. The highest BCUT2D eigenvalue weighted by Crippen LogP contribution is 2.41. The fourth-order valence-corrected chi connectivity index (χ4v) is 4.92. The van der Waals surface area contributed by atoms with Crippen molar-refractivity contribution in [3.63, 3.8) is 0 Å². The molecule has 2 N–H and O–H groups in total. The lowest BCUT2D eigenvalue weighted by molar-refractivity contribution is -0.0436. The van der Waals surface area contributed by atoms with Crippen LogP contribution in [0.25, 0.3) is 11.1 Å². The third-order valence-electron chi connectivity index (χ3n) is 6.24. The molecule has 0 saturated heterocycles. The highest BCUT2D eigenvalue weighted by Gasteiger charge is 2.47. The van der Waals surface area contributed by atoms with E-state index in [2.05, 4.69) is 5.32 Å². The molecule has 0 aliphatic rings. The maximum Gasteiger partial charge on any atom is 0.501 e. The van der Waals surface area contributed by atoms with Gasteiger partial charge in [-0.15, -0.1) is 0 Å². The second kappa shape index (κ2) is 10.1. The number of phenols is 1. The van der Waals surface area contributed by atoms with Crippen LogP contribution in [-0.2, 0) is 21.7 Å². The second-order valence-corrected chi connectivity index (χ2v) is 11.8. The zero-order valence-electron chi connectivity index (χ0n) is 21.5. The molecule has 0 bridgehead atoms. The predicted octanol–water partition coefficient (Wildman–Crippen LogP) is 6.65. The molecule has 0 radical (unpaired) electrons. The van der Waals surface area contributed by atoms with Gasteiger partial charge >= 0.3 is 5.51 Å². The molecule has 3 rings (SSSR count). The van der Waals surface area contributed by atoms with Crippen LogP contribution in [0, 0.1) is 18.3 Å². The van der Waals surface area contributed by atoms with E-state index in [1.54, 1.807) is 44.2 Å². The minimum absolute atomic E-state index is 0.0224. The molecule has 0 aromatic heterocycles. The Morgan fingerprint density at radius 1 is 1.05 bits per heavy atom. The number of alkyl halides is 3. The number of phenolic OH excluding ortho intramolecular Hbond substituents is 1. The van der Waals surface area contributed by atoms with Crippen LogP contribution in [0.3, 0.4) is 0 Å². The van der Waals surface area contributed by atoms with Crippen LogP contribution in [0.4, 0.5) is 18.9 Å². The SMILES string of the molecule is CCc1cc(S(=O)(=O)C(F)(F)F)ccc1NC(=O)c1c(C)c(-c2ccc(C#N)cc2)cc(C(C)(C)C)c1O. The number of nitrogens with one attached hydrogen (secondary N) is 1. The predicted molar refractivity (Wildman–Crippen MR) is 139 cm³/mol. The summed E-state index contributed by atoms with van der Waals surface area (Å²) in [6, 6.07) is 13.4. The van der Waals surface area contributed by atoms with E-state index in [1.165, 1.54) is 0 Å². The number of nitrogens with zero attached hydrogens (tertiary/aromatic N) is 1. The molecule has 6 nitrogen and oxygen atoms in total. The van der Waals surface area contributed by atoms with Gasteiger partial charge in [0.25, 0.3) is 15.7 Å². The van der Waals surface area contributed by atoms with E-state index in [9.17, 15) is 31.5 Å². The van der Waals surface area contributed by atoms with Crippen molar-refractivity contribution >= 4 is 21.4 Å². The van der Waals surface area contributed by atoms with Crippen LogP contribution in [0.2, 0.25) is 0 Å². The van der Waals surface area contributed by atoms with Gasteiger partial charge in [-0.25, -0.2) is 8.42 Å². The largest absolute Gasteiger partial charge is 0.507 e. The molecule has 3 aromatic rings. The van der Waals surface area contributed by atoms with Gasteiger partial charge in [0.2, 0.25) is 0 Å². The van der Waals surface area contributed by atoms with Gasteiger partial charge in [-0.05, 0) is 77.4 Å². The van der Waals surface area contributed by atoms with E-state index >= 15 is 0 Å². The first-order valence-electron chi connectivity index (χ1n) is 11.7. The first-order valence-corrected chi connectivity index (χ1v) is 13.1. The Morgan fingerprint density at radius 2 is 1.66 bits per heavy atom. The number of benzene rings is 3. The standard InChI is InChI=1S/C28H27F3N2O4S/c1-6-18-13-20(38(36,37)28(29,30)31)11-12-23(18)33-26(35)24-16(2)21(14-22(25(24)34)27(3,4)5)19-9-7-17(15-32)8-10-19/h7-14,34H,6H2,1-5H3,(H,33,35). The summed E-state index contributed by atoms with van der Waals surface area (Å²) in [5.74, 6) is -0.943. The van der Waals surface area contributed by atoms with E-state index in [1.807, 2.05) is 26.8 Å². The third kappa shape index (κ3) is 5.38. The average Bonchev–Trinajstić information content (AvgIpc) is 2.83. The molecular formula is C28H27F3N2O4S. The quantitative estimate of drug-likeness (QED) is 0.374. The zero-order chi connectivity index (χ0) is 28.6. The summed E-state index contributed by atoms with van der Waals surface area (Å²) in [4.78, 5) is 12.6. The molecule has 10 heteroatoms. The summed E-state index contributed by atoms with van der Waals surface area (Å²) < 4.78 is 62.8. The summed E-state index contributed by atoms with van der Waals surface area (Å²) in [5, 5.41) is 22.9. The first kappa shape index (κ1) is 28.7. The number of sulfone groups is 1. The van der Waals surface area contributed by atoms with Gasteiger partial charge in [-0.3, -0.25) is 4.79 Å². The van der Waals surface area contributed by atoms with Gasteiger partial charge in [0.1, 0.15) is 5.75 Å². The minimum atomic E-state index is -5.56. The fourth-order valence-electron chi connectivity index (χ4n) is 4.11. The van der Waals surface area contributed by atoms with Gasteiger partial charge < -0.3 is 10.4 Å². The molecule has 0 fully saturated rings. The van der Waals surface area contributed by atoms with Gasteiger partial charge in [0.15, 0.2) is 0 Å². The van der Waals surface area contributed by atoms with Crippen LogP contribution in [0.5, 0.6) is 5.75 Å². The average molecular weight is 545 g/mol. The Balaban J connectivity index is 2.14. The third-order valence-corrected chi connectivity index (χ3v) is 7.72. The highest BCUT2D eigenvalue weighted by molar-refractivity contribution is 7.92. The second-order valence-electron chi connectivity index (χ2n) is 9.84. The maximum atomic E-state index is 13.5. The first-order chi connectivity index (χ1) is 17.5. The van der Waals surface area contributed by atoms with Crippen molar-refractivity contribution in [2.24, 2.45) is 0 Å². The number of carbonyl (C=O) groups is 1. The van der Waals surface area contributed by atoms with Crippen molar-refractivity contribution in [2.45, 2.75) is 56.9 Å². The van der Waals surface area contributed by atoms with Crippen molar-refractivity contribution in [1.29, 1.82) is 5.26 Å². The monoisotopic (exact) mass is 544 g/mol. The Morgan fingerprint density at radius 3 is 2.16 bits per heavy atom. The number of aromatic hydroxyl groups is 1. The molecule has 0 unspecified atom stereocenters. The molecule has 0 heterocycles. The van der Waals surface area contributed by atoms with Crippen LogP contribution < -0.4 is 5.32 Å². The van der Waals surface area contributed by atoms with Crippen molar-refractivity contribution in [3.05, 3.63) is 76.3 Å².